The van der Waals surface area contributed by atoms with Crippen LogP contribution in [-0.2, 0) is 4.74 Å². The van der Waals surface area contributed by atoms with Gasteiger partial charge < -0.3 is 20.1 Å². The van der Waals surface area contributed by atoms with Crippen molar-refractivity contribution in [2.45, 2.75) is 0 Å². The molecule has 0 unspecified atom stereocenters. The number of nitrogens with zero attached hydrogens (tertiary/aromatic N) is 3. The van der Waals surface area contributed by atoms with E-state index < -0.39 is 11.8 Å². The zero-order valence-electron chi connectivity index (χ0n) is 16.4. The Kier molecular flexibility index (Phi) is 5.85. The van der Waals surface area contributed by atoms with E-state index in [4.69, 9.17) is 9.84 Å². The standard InChI is InChI=1S/C22H19FN4O4/c23-18-13-16(5-6-17(18)20(28)27-9-11-31-12-10-27)25-22-24-8-7-19(26-22)14-1-3-15(4-2-14)21(29)30/h1-8,13H,9-12H2,(H,29,30)(H,24,25,26). The molecule has 0 aliphatic carbocycles. The molecule has 0 bridgehead atoms. The lowest BCUT2D eigenvalue weighted by atomic mass is 10.1. The molecule has 0 atom stereocenters. The number of carboxylic acid groups (broad SMARTS) is 1. The van der Waals surface area contributed by atoms with Crippen LogP contribution in [-0.4, -0.2) is 58.2 Å². The van der Waals surface area contributed by atoms with Gasteiger partial charge in [-0.15, -0.1) is 0 Å². The summed E-state index contributed by atoms with van der Waals surface area (Å²) >= 11 is 0. The highest BCUT2D eigenvalue weighted by atomic mass is 19.1. The number of carbonyl (C=O) groups is 2. The van der Waals surface area contributed by atoms with Gasteiger partial charge >= 0.3 is 5.97 Å². The number of benzene rings is 2. The SMILES string of the molecule is O=C(O)c1ccc(-c2ccnc(Nc3ccc(C(=O)N4CCOCC4)c(F)c3)n2)cc1. The largest absolute Gasteiger partial charge is 0.478 e. The van der Waals surface area contributed by atoms with Crippen LogP contribution in [0.1, 0.15) is 20.7 Å². The fourth-order valence-electron chi connectivity index (χ4n) is 3.20. The number of hydrogen-bond acceptors (Lipinski definition) is 6. The Morgan fingerprint density at radius 3 is 2.48 bits per heavy atom. The van der Waals surface area contributed by atoms with E-state index in [1.54, 1.807) is 35.4 Å². The molecule has 1 aromatic heterocycles. The maximum atomic E-state index is 14.6. The normalized spacial score (nSPS) is 13.6. The summed E-state index contributed by atoms with van der Waals surface area (Å²) in [6.45, 7) is 1.76. The number of rotatable bonds is 5. The predicted molar refractivity (Wildman–Crippen MR) is 111 cm³/mol. The van der Waals surface area contributed by atoms with E-state index in [2.05, 4.69) is 15.3 Å². The quantitative estimate of drug-likeness (QED) is 0.651. The van der Waals surface area contributed by atoms with E-state index in [1.807, 2.05) is 0 Å². The minimum Gasteiger partial charge on any atom is -0.478 e. The molecule has 9 heteroatoms. The third-order valence-corrected chi connectivity index (χ3v) is 4.84. The Morgan fingerprint density at radius 2 is 1.81 bits per heavy atom. The first-order valence-electron chi connectivity index (χ1n) is 9.61. The number of halogens is 1. The average molecular weight is 422 g/mol. The Labute approximate surface area is 177 Å². The number of ether oxygens (including phenoxy) is 1. The van der Waals surface area contributed by atoms with E-state index in [0.717, 1.165) is 0 Å². The molecule has 1 aliphatic heterocycles. The lowest BCUT2D eigenvalue weighted by Crippen LogP contribution is -2.41. The van der Waals surface area contributed by atoms with Gasteiger partial charge in [-0.2, -0.15) is 0 Å². The Bertz CT molecular complexity index is 1110. The number of nitrogens with one attached hydrogen (secondary N) is 1. The monoisotopic (exact) mass is 422 g/mol. The molecular formula is C22H19FN4O4. The maximum Gasteiger partial charge on any atom is 0.335 e. The number of morpholine rings is 1. The second-order valence-corrected chi connectivity index (χ2v) is 6.87. The van der Waals surface area contributed by atoms with Gasteiger partial charge in [0.25, 0.3) is 5.91 Å². The molecule has 2 heterocycles. The second-order valence-electron chi connectivity index (χ2n) is 6.87. The molecule has 8 nitrogen and oxygen atoms in total. The van der Waals surface area contributed by atoms with Crippen LogP contribution in [0, 0.1) is 5.82 Å². The summed E-state index contributed by atoms with van der Waals surface area (Å²) in [5.41, 5.74) is 1.87. The molecule has 2 aromatic carbocycles. The number of hydrogen-bond donors (Lipinski definition) is 2. The number of carbonyl (C=O) groups excluding carboxylic acids is 1. The Hall–Kier alpha value is -3.85. The van der Waals surface area contributed by atoms with E-state index >= 15 is 0 Å². The topological polar surface area (TPSA) is 105 Å². The lowest BCUT2D eigenvalue weighted by Gasteiger charge is -2.27. The number of anilines is 2. The van der Waals surface area contributed by atoms with Crippen LogP contribution < -0.4 is 5.32 Å². The molecule has 1 saturated heterocycles. The molecule has 4 rings (SSSR count). The van der Waals surface area contributed by atoms with Crippen LogP contribution >= 0.6 is 0 Å². The zero-order valence-corrected chi connectivity index (χ0v) is 16.4. The smallest absolute Gasteiger partial charge is 0.335 e. The van der Waals surface area contributed by atoms with Crippen molar-refractivity contribution in [3.8, 4) is 11.3 Å². The van der Waals surface area contributed by atoms with Gasteiger partial charge in [0.2, 0.25) is 5.95 Å². The molecule has 2 N–H and O–H groups in total. The van der Waals surface area contributed by atoms with Crippen molar-refractivity contribution < 1.29 is 23.8 Å². The van der Waals surface area contributed by atoms with Gasteiger partial charge in [0, 0.05) is 30.5 Å². The van der Waals surface area contributed by atoms with Gasteiger partial charge in [-0.1, -0.05) is 12.1 Å². The number of amides is 1. The summed E-state index contributed by atoms with van der Waals surface area (Å²) in [5, 5.41) is 11.9. The highest BCUT2D eigenvalue weighted by Gasteiger charge is 2.21. The van der Waals surface area contributed by atoms with Crippen molar-refractivity contribution in [3.63, 3.8) is 0 Å². The third-order valence-electron chi connectivity index (χ3n) is 4.84. The minimum absolute atomic E-state index is 0.000592. The fourth-order valence-corrected chi connectivity index (χ4v) is 3.20. The maximum absolute atomic E-state index is 14.6. The molecule has 1 amide bonds. The van der Waals surface area contributed by atoms with E-state index in [1.165, 1.54) is 24.3 Å². The summed E-state index contributed by atoms with van der Waals surface area (Å²) in [6, 6.07) is 12.2. The molecule has 0 saturated carbocycles. The summed E-state index contributed by atoms with van der Waals surface area (Å²) < 4.78 is 19.8. The number of aromatic carboxylic acids is 1. The third kappa shape index (κ3) is 4.67. The molecule has 0 spiro atoms. The molecule has 1 aliphatic rings. The van der Waals surface area contributed by atoms with E-state index in [-0.39, 0.29) is 23.0 Å². The lowest BCUT2D eigenvalue weighted by molar-refractivity contribution is 0.0300. The summed E-state index contributed by atoms with van der Waals surface area (Å²) in [7, 11) is 0. The predicted octanol–water partition coefficient (Wildman–Crippen LogP) is 3.20. The van der Waals surface area contributed by atoms with Crippen LogP contribution in [0.5, 0.6) is 0 Å². The first-order valence-corrected chi connectivity index (χ1v) is 9.61. The number of aromatic nitrogens is 2. The highest BCUT2D eigenvalue weighted by Crippen LogP contribution is 2.22. The van der Waals surface area contributed by atoms with E-state index in [0.29, 0.717) is 43.2 Å². The van der Waals surface area contributed by atoms with Crippen molar-refractivity contribution in [2.75, 3.05) is 31.6 Å². The van der Waals surface area contributed by atoms with Crippen LogP contribution in [0.2, 0.25) is 0 Å². The molecule has 3 aromatic rings. The number of carboxylic acids is 1. The first-order chi connectivity index (χ1) is 15.0. The molecule has 31 heavy (non-hydrogen) atoms. The Balaban J connectivity index is 1.50. The summed E-state index contributed by atoms with van der Waals surface area (Å²) in [4.78, 5) is 33.6. The zero-order chi connectivity index (χ0) is 21.8. The van der Waals surface area contributed by atoms with Crippen LogP contribution in [0.15, 0.2) is 54.7 Å². The summed E-state index contributed by atoms with van der Waals surface area (Å²) in [5.74, 6) is -1.77. The van der Waals surface area contributed by atoms with Gasteiger partial charge in [-0.05, 0) is 36.4 Å². The van der Waals surface area contributed by atoms with Crippen molar-refractivity contribution >= 4 is 23.5 Å². The van der Waals surface area contributed by atoms with Crippen molar-refractivity contribution in [2.24, 2.45) is 0 Å². The summed E-state index contributed by atoms with van der Waals surface area (Å²) in [6.07, 6.45) is 1.54. The average Bonchev–Trinajstić information content (AvgIpc) is 2.79. The highest BCUT2D eigenvalue weighted by molar-refractivity contribution is 5.95. The minimum atomic E-state index is -1.01. The van der Waals surface area contributed by atoms with Gasteiger partial charge in [0.05, 0.1) is 30.0 Å². The van der Waals surface area contributed by atoms with Crippen LogP contribution in [0.25, 0.3) is 11.3 Å². The molecule has 158 valence electrons. The van der Waals surface area contributed by atoms with Gasteiger partial charge in [-0.25, -0.2) is 19.2 Å². The Morgan fingerprint density at radius 1 is 1.06 bits per heavy atom. The van der Waals surface area contributed by atoms with Gasteiger partial charge in [0.1, 0.15) is 5.82 Å². The van der Waals surface area contributed by atoms with E-state index in [9.17, 15) is 14.0 Å². The van der Waals surface area contributed by atoms with Crippen molar-refractivity contribution in [3.05, 3.63) is 71.7 Å². The second kappa shape index (κ2) is 8.88. The van der Waals surface area contributed by atoms with Gasteiger partial charge in [0.15, 0.2) is 0 Å². The van der Waals surface area contributed by atoms with Crippen LogP contribution in [0.4, 0.5) is 16.0 Å². The van der Waals surface area contributed by atoms with Crippen molar-refractivity contribution in [1.29, 1.82) is 0 Å². The first kappa shape index (κ1) is 20.4. The molecular weight excluding hydrogens is 403 g/mol. The van der Waals surface area contributed by atoms with Crippen LogP contribution in [0.3, 0.4) is 0 Å². The molecule has 0 radical (unpaired) electrons. The van der Waals surface area contributed by atoms with Gasteiger partial charge in [-0.3, -0.25) is 4.79 Å². The molecule has 1 fully saturated rings. The fraction of sp³-hybridized carbons (Fsp3) is 0.182. The van der Waals surface area contributed by atoms with Crippen molar-refractivity contribution in [1.82, 2.24) is 14.9 Å².